The lowest BCUT2D eigenvalue weighted by molar-refractivity contribution is -0.944. The standard InChI is InChI=1S/C48H47N3OSi/c1-28(2)22-33-26-41-36-25-29(3)18-20-37(36)48(49(41)27-43(33)53(7,8)9)38-21-19-35-34-14-10-13-17-42(34)52-46(35)44(38)47-50(39-15-11-12-16-40(39)51(47)48)45-31(5)23-30(4)24-32(45)6/h10-21,23-28H,22H2,1-9H3/q+2. The number of imidazole rings is 1. The summed E-state index contributed by atoms with van der Waals surface area (Å²) in [5, 5.41) is 3.84. The average molecular weight is 710 g/mol. The van der Waals surface area contributed by atoms with Crippen molar-refractivity contribution in [2.75, 3.05) is 0 Å². The maximum atomic E-state index is 7.03. The monoisotopic (exact) mass is 709 g/mol. The van der Waals surface area contributed by atoms with E-state index in [9.17, 15) is 0 Å². The molecule has 0 aliphatic carbocycles. The molecule has 262 valence electrons. The summed E-state index contributed by atoms with van der Waals surface area (Å²) in [5.41, 5.74) is 17.7. The van der Waals surface area contributed by atoms with E-state index in [-0.39, 0.29) is 0 Å². The van der Waals surface area contributed by atoms with Gasteiger partial charge in [0, 0.05) is 22.0 Å². The molecular weight excluding hydrogens is 663 g/mol. The fourth-order valence-corrected chi connectivity index (χ4v) is 11.7. The first-order valence-corrected chi connectivity index (χ1v) is 22.7. The summed E-state index contributed by atoms with van der Waals surface area (Å²) >= 11 is 0. The van der Waals surface area contributed by atoms with E-state index in [4.69, 9.17) is 4.42 Å². The summed E-state index contributed by atoms with van der Waals surface area (Å²) in [6, 6.07) is 36.7. The van der Waals surface area contributed by atoms with Crippen molar-refractivity contribution >= 4 is 46.2 Å². The topological polar surface area (TPSA) is 25.8 Å². The van der Waals surface area contributed by atoms with E-state index < -0.39 is 13.7 Å². The van der Waals surface area contributed by atoms with Gasteiger partial charge in [0.1, 0.15) is 16.8 Å². The van der Waals surface area contributed by atoms with Crippen LogP contribution in [0.25, 0.3) is 61.3 Å². The van der Waals surface area contributed by atoms with Crippen LogP contribution in [0.15, 0.2) is 108 Å². The fraction of sp³-hybridized carbons (Fsp3) is 0.250. The van der Waals surface area contributed by atoms with Crippen molar-refractivity contribution in [3.8, 4) is 28.3 Å². The van der Waals surface area contributed by atoms with Crippen LogP contribution in [0.2, 0.25) is 19.6 Å². The highest BCUT2D eigenvalue weighted by molar-refractivity contribution is 6.89. The van der Waals surface area contributed by atoms with Gasteiger partial charge < -0.3 is 4.42 Å². The molecule has 10 rings (SSSR count). The Bertz CT molecular complexity index is 2860. The lowest BCUT2D eigenvalue weighted by Crippen LogP contribution is -2.72. The molecule has 5 heterocycles. The molecule has 0 N–H and O–H groups in total. The maximum Gasteiger partial charge on any atom is 0.364 e. The largest absolute Gasteiger partial charge is 0.455 e. The summed E-state index contributed by atoms with van der Waals surface area (Å²) in [5.74, 6) is 1.72. The second kappa shape index (κ2) is 10.9. The van der Waals surface area contributed by atoms with E-state index in [2.05, 4.69) is 178 Å². The van der Waals surface area contributed by atoms with Gasteiger partial charge in [-0.05, 0) is 99.2 Å². The van der Waals surface area contributed by atoms with Crippen LogP contribution < -0.4 is 14.3 Å². The van der Waals surface area contributed by atoms with Gasteiger partial charge in [-0.25, -0.2) is 0 Å². The molecule has 5 heteroatoms. The Morgan fingerprint density at radius 2 is 1.47 bits per heavy atom. The normalized spacial score (nSPS) is 16.0. The molecule has 8 aromatic rings. The van der Waals surface area contributed by atoms with Crippen molar-refractivity contribution in [3.63, 3.8) is 0 Å². The maximum absolute atomic E-state index is 7.03. The molecule has 2 aliphatic heterocycles. The van der Waals surface area contributed by atoms with Crippen LogP contribution >= 0.6 is 0 Å². The average Bonchev–Trinajstić information content (AvgIpc) is 3.80. The number of aryl methyl sites for hydroxylation is 4. The van der Waals surface area contributed by atoms with Crippen LogP contribution in [0, 0.1) is 33.6 Å². The van der Waals surface area contributed by atoms with E-state index in [1.54, 1.807) is 0 Å². The van der Waals surface area contributed by atoms with Gasteiger partial charge in [-0.3, -0.25) is 0 Å². The van der Waals surface area contributed by atoms with Gasteiger partial charge in [-0.1, -0.05) is 93.1 Å². The Morgan fingerprint density at radius 1 is 0.755 bits per heavy atom. The molecule has 3 aromatic heterocycles. The molecule has 0 saturated heterocycles. The zero-order valence-electron chi connectivity index (χ0n) is 32.3. The number of rotatable bonds is 4. The quantitative estimate of drug-likeness (QED) is 0.132. The first-order chi connectivity index (χ1) is 25.4. The minimum absolute atomic E-state index is 0.564. The molecule has 0 radical (unpaired) electrons. The van der Waals surface area contributed by atoms with Crippen molar-refractivity contribution in [2.24, 2.45) is 5.92 Å². The summed E-state index contributed by atoms with van der Waals surface area (Å²) in [6.07, 6.45) is 3.65. The second-order valence-corrected chi connectivity index (χ2v) is 22.3. The summed E-state index contributed by atoms with van der Waals surface area (Å²) in [6.45, 7) is 21.2. The number of nitrogens with zero attached hydrogens (tertiary/aromatic N) is 3. The number of fused-ring (bicyclic) bond motifs is 16. The third-order valence-electron chi connectivity index (χ3n) is 11.9. The van der Waals surface area contributed by atoms with Crippen molar-refractivity contribution in [2.45, 2.75) is 73.3 Å². The number of para-hydroxylation sites is 3. The zero-order valence-corrected chi connectivity index (χ0v) is 33.3. The van der Waals surface area contributed by atoms with Crippen LogP contribution in [0.3, 0.4) is 0 Å². The zero-order chi connectivity index (χ0) is 36.7. The van der Waals surface area contributed by atoms with Crippen molar-refractivity contribution in [3.05, 3.63) is 142 Å². The van der Waals surface area contributed by atoms with Crippen molar-refractivity contribution in [1.29, 1.82) is 0 Å². The molecule has 1 unspecified atom stereocenters. The SMILES string of the molecule is Cc1cc(C)c(-n2c3[n+](c4ccccc42)C2(c4ccc(C)cc4-c4cc(CC(C)C)c([Si](C)(C)C)c[n+]42)c2ccc4c(oc5ccccc54)c2-3)c(C)c1. The molecule has 0 saturated carbocycles. The van der Waals surface area contributed by atoms with Crippen LogP contribution in [-0.2, 0) is 12.1 Å². The van der Waals surface area contributed by atoms with Gasteiger partial charge in [-0.2, -0.15) is 4.57 Å². The molecule has 4 nitrogen and oxygen atoms in total. The molecule has 0 amide bonds. The molecule has 2 aliphatic rings. The molecule has 1 spiro atoms. The minimum atomic E-state index is -1.79. The summed E-state index contributed by atoms with van der Waals surface area (Å²) in [7, 11) is -1.79. The van der Waals surface area contributed by atoms with Gasteiger partial charge in [0.2, 0.25) is 5.69 Å². The molecule has 0 fully saturated rings. The molecule has 1 atom stereocenters. The highest BCUT2D eigenvalue weighted by Crippen LogP contribution is 2.52. The number of hydrogen-bond donors (Lipinski definition) is 0. The van der Waals surface area contributed by atoms with Gasteiger partial charge in [0.05, 0.1) is 24.8 Å². The Morgan fingerprint density at radius 3 is 2.23 bits per heavy atom. The van der Waals surface area contributed by atoms with E-state index in [1.165, 1.54) is 77.7 Å². The van der Waals surface area contributed by atoms with Gasteiger partial charge in [-0.15, -0.1) is 9.13 Å². The number of furan rings is 1. The minimum Gasteiger partial charge on any atom is -0.455 e. The highest BCUT2D eigenvalue weighted by atomic mass is 28.3. The van der Waals surface area contributed by atoms with Crippen molar-refractivity contribution in [1.82, 2.24) is 4.57 Å². The van der Waals surface area contributed by atoms with Crippen molar-refractivity contribution < 1.29 is 13.6 Å². The number of benzene rings is 5. The van der Waals surface area contributed by atoms with E-state index >= 15 is 0 Å². The Balaban J connectivity index is 1.48. The lowest BCUT2D eigenvalue weighted by atomic mass is 9.88. The first-order valence-electron chi connectivity index (χ1n) is 19.2. The van der Waals surface area contributed by atoms with Crippen LogP contribution in [0.4, 0.5) is 0 Å². The summed E-state index contributed by atoms with van der Waals surface area (Å²) in [4.78, 5) is 0. The highest BCUT2D eigenvalue weighted by Gasteiger charge is 2.67. The summed E-state index contributed by atoms with van der Waals surface area (Å²) < 4.78 is 14.9. The first kappa shape index (κ1) is 32.4. The Labute approximate surface area is 313 Å². The van der Waals surface area contributed by atoms with E-state index in [0.29, 0.717) is 5.92 Å². The fourth-order valence-electron chi connectivity index (χ4n) is 10.1. The predicted octanol–water partition coefficient (Wildman–Crippen LogP) is 10.3. The second-order valence-electron chi connectivity index (χ2n) is 17.2. The Kier molecular flexibility index (Phi) is 6.66. The smallest absolute Gasteiger partial charge is 0.364 e. The van der Waals surface area contributed by atoms with E-state index in [0.717, 1.165) is 34.2 Å². The predicted molar refractivity (Wildman–Crippen MR) is 220 cm³/mol. The van der Waals surface area contributed by atoms with Gasteiger partial charge in [0.25, 0.3) is 0 Å². The van der Waals surface area contributed by atoms with Crippen LogP contribution in [0.1, 0.15) is 52.8 Å². The molecule has 0 bridgehead atoms. The van der Waals surface area contributed by atoms with Gasteiger partial charge >= 0.3 is 11.5 Å². The number of hydrogen-bond acceptors (Lipinski definition) is 1. The molecule has 53 heavy (non-hydrogen) atoms. The third kappa shape index (κ3) is 4.23. The molecular formula is C48H47N3OSi+2. The number of aromatic nitrogens is 3. The number of pyridine rings is 1. The van der Waals surface area contributed by atoms with Crippen LogP contribution in [-0.4, -0.2) is 12.6 Å². The van der Waals surface area contributed by atoms with Crippen LogP contribution in [0.5, 0.6) is 0 Å². The third-order valence-corrected chi connectivity index (χ3v) is 14.0. The Hall–Kier alpha value is -5.26. The van der Waals surface area contributed by atoms with E-state index in [1.807, 2.05) is 0 Å². The van der Waals surface area contributed by atoms with Gasteiger partial charge in [0.15, 0.2) is 22.8 Å². The molecule has 5 aromatic carbocycles. The lowest BCUT2D eigenvalue weighted by Gasteiger charge is -2.24.